The number of guanidine groups is 1. The summed E-state index contributed by atoms with van der Waals surface area (Å²) in [4.78, 5) is 38.0. The van der Waals surface area contributed by atoms with Gasteiger partial charge in [-0.1, -0.05) is 37.3 Å². The summed E-state index contributed by atoms with van der Waals surface area (Å²) in [6.45, 7) is 7.07. The number of hydrogen-bond acceptors (Lipinski definition) is 6. The second-order valence-electron chi connectivity index (χ2n) is 11.6. The summed E-state index contributed by atoms with van der Waals surface area (Å²) < 4.78 is 21.2. The molecule has 1 aliphatic rings. The number of fused-ring (bicyclic) bond motifs is 1. The van der Waals surface area contributed by atoms with Gasteiger partial charge in [-0.25, -0.2) is 9.37 Å². The lowest BCUT2D eigenvalue weighted by atomic mass is 10.1. The van der Waals surface area contributed by atoms with E-state index in [0.717, 1.165) is 35.5 Å². The molecule has 2 amide bonds. The summed E-state index contributed by atoms with van der Waals surface area (Å²) in [7, 11) is 0. The van der Waals surface area contributed by atoms with E-state index in [9.17, 15) is 14.0 Å². The van der Waals surface area contributed by atoms with Crippen molar-refractivity contribution in [3.8, 4) is 22.9 Å². The van der Waals surface area contributed by atoms with Gasteiger partial charge in [0.15, 0.2) is 5.96 Å². The molecule has 6 N–H and O–H groups in total. The van der Waals surface area contributed by atoms with Gasteiger partial charge in [0.05, 0.1) is 11.0 Å². The first-order chi connectivity index (χ1) is 23.6. The zero-order valence-corrected chi connectivity index (χ0v) is 27.7. The molecule has 1 saturated heterocycles. The van der Waals surface area contributed by atoms with Crippen LogP contribution in [0.3, 0.4) is 0 Å². The van der Waals surface area contributed by atoms with Crippen LogP contribution in [0.25, 0.3) is 22.4 Å². The van der Waals surface area contributed by atoms with Gasteiger partial charge in [-0.2, -0.15) is 0 Å². The van der Waals surface area contributed by atoms with Crippen LogP contribution in [0.4, 0.5) is 10.1 Å². The molecule has 0 aliphatic carbocycles. The second-order valence-corrected chi connectivity index (χ2v) is 11.6. The maximum atomic E-state index is 13.4. The fraction of sp³-hybridized carbons (Fsp3) is 0.243. The molecule has 11 nitrogen and oxygen atoms in total. The summed E-state index contributed by atoms with van der Waals surface area (Å²) in [5.41, 5.74) is 20.1. The van der Waals surface area contributed by atoms with Gasteiger partial charge >= 0.3 is 0 Å². The summed E-state index contributed by atoms with van der Waals surface area (Å²) in [5.74, 6) is 1.26. The number of aryl methyl sites for hydroxylation is 1. The van der Waals surface area contributed by atoms with Gasteiger partial charge in [-0.15, -0.1) is 0 Å². The number of hydrogen-bond donors (Lipinski definition) is 3. The van der Waals surface area contributed by atoms with Gasteiger partial charge in [-0.3, -0.25) is 14.6 Å². The van der Waals surface area contributed by atoms with Crippen LogP contribution in [-0.4, -0.2) is 64.9 Å². The smallest absolute Gasteiger partial charge is 0.254 e. The normalized spacial score (nSPS) is 12.6. The maximum Gasteiger partial charge on any atom is 0.254 e. The highest BCUT2D eigenvalue weighted by atomic mass is 19.1. The number of benzene rings is 4. The van der Waals surface area contributed by atoms with Crippen LogP contribution in [0.5, 0.6) is 11.5 Å². The van der Waals surface area contributed by atoms with Crippen molar-refractivity contribution in [3.05, 3.63) is 108 Å². The standard InChI is InChI=1S/C33H30FN5O3.C4H11N3/c1-22-5-2-3-8-30(22)42-27-7-4-6-23(19-27)32-36-28-20-24(9-14-29(28)39(32)21-31(35)40)33(41)38-17-15-37(16-18-38)26-12-10-25(34)11-13-26;1-2-3-7-4(5)6/h2-14,19-20H,15-18,21H2,1H3,(H2,35,40);2-3H2,1H3,(H4,5,6,7). The Labute approximate surface area is 284 Å². The molecule has 6 rings (SSSR count). The van der Waals surface area contributed by atoms with E-state index in [-0.39, 0.29) is 24.2 Å². The number of anilines is 1. The molecular formula is C37H41FN8O3. The minimum Gasteiger partial charge on any atom is -0.457 e. The quantitative estimate of drug-likeness (QED) is 0.147. The fourth-order valence-corrected chi connectivity index (χ4v) is 5.54. The molecule has 0 unspecified atom stereocenters. The van der Waals surface area contributed by atoms with Crippen LogP contribution in [0.2, 0.25) is 0 Å². The van der Waals surface area contributed by atoms with E-state index in [1.165, 1.54) is 12.1 Å². The number of amides is 2. The van der Waals surface area contributed by atoms with E-state index < -0.39 is 5.91 Å². The molecular weight excluding hydrogens is 623 g/mol. The molecule has 1 fully saturated rings. The minimum absolute atomic E-state index is 0.0622. The summed E-state index contributed by atoms with van der Waals surface area (Å²) in [5, 5.41) is 0. The van der Waals surface area contributed by atoms with Crippen LogP contribution >= 0.6 is 0 Å². The van der Waals surface area contributed by atoms with Crippen LogP contribution in [-0.2, 0) is 11.3 Å². The third-order valence-electron chi connectivity index (χ3n) is 8.00. The molecule has 0 atom stereocenters. The third kappa shape index (κ3) is 8.72. The molecule has 0 bridgehead atoms. The Bertz CT molecular complexity index is 1950. The van der Waals surface area contributed by atoms with E-state index in [2.05, 4.69) is 9.89 Å². The minimum atomic E-state index is -0.498. The number of aliphatic imine (C=N–C) groups is 1. The lowest BCUT2D eigenvalue weighted by Crippen LogP contribution is -2.48. The predicted octanol–water partition coefficient (Wildman–Crippen LogP) is 5.06. The first-order valence-electron chi connectivity index (χ1n) is 16.1. The molecule has 5 aromatic rings. The van der Waals surface area contributed by atoms with Crippen molar-refractivity contribution in [2.45, 2.75) is 26.8 Å². The van der Waals surface area contributed by atoms with E-state index >= 15 is 0 Å². The molecule has 0 spiro atoms. The fourth-order valence-electron chi connectivity index (χ4n) is 5.54. The second kappa shape index (κ2) is 15.8. The number of para-hydroxylation sites is 1. The highest BCUT2D eigenvalue weighted by Gasteiger charge is 2.24. The summed E-state index contributed by atoms with van der Waals surface area (Å²) in [6.07, 6.45) is 0.998. The molecule has 49 heavy (non-hydrogen) atoms. The Balaban J connectivity index is 0.000000606. The number of piperazine rings is 1. The van der Waals surface area contributed by atoms with Gasteiger partial charge in [-0.05, 0) is 79.6 Å². The molecule has 0 radical (unpaired) electrons. The van der Waals surface area contributed by atoms with Gasteiger partial charge in [0.1, 0.15) is 29.7 Å². The van der Waals surface area contributed by atoms with Gasteiger partial charge in [0.25, 0.3) is 5.91 Å². The Morgan fingerprint density at radius 2 is 1.63 bits per heavy atom. The van der Waals surface area contributed by atoms with Crippen molar-refractivity contribution in [3.63, 3.8) is 0 Å². The summed E-state index contributed by atoms with van der Waals surface area (Å²) in [6, 6.07) is 27.0. The van der Waals surface area contributed by atoms with Crippen molar-refractivity contribution in [2.24, 2.45) is 22.2 Å². The van der Waals surface area contributed by atoms with Crippen LogP contribution < -0.4 is 26.8 Å². The van der Waals surface area contributed by atoms with E-state index in [4.69, 9.17) is 26.9 Å². The van der Waals surface area contributed by atoms with Crippen LogP contribution in [0.15, 0.2) is 96.0 Å². The van der Waals surface area contributed by atoms with Crippen molar-refractivity contribution in [1.82, 2.24) is 14.5 Å². The number of aromatic nitrogens is 2. The van der Waals surface area contributed by atoms with E-state index in [1.807, 2.05) is 73.3 Å². The van der Waals surface area contributed by atoms with Crippen molar-refractivity contribution < 1.29 is 18.7 Å². The average Bonchev–Trinajstić information content (AvgIpc) is 3.45. The first kappa shape index (κ1) is 34.4. The van der Waals surface area contributed by atoms with Gasteiger partial charge < -0.3 is 36.3 Å². The third-order valence-corrected chi connectivity index (χ3v) is 8.00. The average molecular weight is 665 g/mol. The number of primary amides is 1. The number of halogens is 1. The molecule has 1 aliphatic heterocycles. The summed E-state index contributed by atoms with van der Waals surface area (Å²) >= 11 is 0. The first-order valence-corrected chi connectivity index (χ1v) is 16.1. The van der Waals surface area contributed by atoms with Crippen molar-refractivity contribution in [2.75, 3.05) is 37.6 Å². The lowest BCUT2D eigenvalue weighted by Gasteiger charge is -2.36. The molecule has 4 aromatic carbocycles. The van der Waals surface area contributed by atoms with Gasteiger partial charge in [0, 0.05) is 49.5 Å². The van der Waals surface area contributed by atoms with E-state index in [0.29, 0.717) is 54.3 Å². The van der Waals surface area contributed by atoms with Gasteiger partial charge in [0.2, 0.25) is 5.91 Å². The monoisotopic (exact) mass is 664 g/mol. The Morgan fingerprint density at radius 3 is 2.29 bits per heavy atom. The maximum absolute atomic E-state index is 13.4. The number of imidazole rings is 1. The highest BCUT2D eigenvalue weighted by Crippen LogP contribution is 2.31. The topological polar surface area (TPSA) is 158 Å². The van der Waals surface area contributed by atoms with Crippen LogP contribution in [0, 0.1) is 12.7 Å². The van der Waals surface area contributed by atoms with E-state index in [1.54, 1.807) is 28.8 Å². The molecule has 2 heterocycles. The largest absolute Gasteiger partial charge is 0.457 e. The number of nitrogens with zero attached hydrogens (tertiary/aromatic N) is 5. The van der Waals surface area contributed by atoms with Crippen LogP contribution in [0.1, 0.15) is 29.3 Å². The zero-order chi connectivity index (χ0) is 34.9. The SMILES string of the molecule is CCCN=C(N)N.Cc1ccccc1Oc1cccc(-c2nc3cc(C(=O)N4CCN(c5ccc(F)cc5)CC4)ccc3n2CC(N)=O)c1. The van der Waals surface area contributed by atoms with Crippen molar-refractivity contribution in [1.29, 1.82) is 0 Å². The number of ether oxygens (including phenoxy) is 1. The number of carbonyl (C=O) groups excluding carboxylic acids is 2. The Morgan fingerprint density at radius 1 is 0.898 bits per heavy atom. The number of nitrogens with two attached hydrogens (primary N) is 3. The number of carbonyl (C=O) groups is 2. The predicted molar refractivity (Wildman–Crippen MR) is 191 cm³/mol. The van der Waals surface area contributed by atoms with Crippen molar-refractivity contribution >= 4 is 34.5 Å². The lowest BCUT2D eigenvalue weighted by molar-refractivity contribution is -0.118. The zero-order valence-electron chi connectivity index (χ0n) is 27.7. The Kier molecular flexibility index (Phi) is 11.1. The highest BCUT2D eigenvalue weighted by molar-refractivity contribution is 5.98. The Hall–Kier alpha value is -5.91. The molecule has 1 aromatic heterocycles. The number of rotatable bonds is 9. The molecule has 0 saturated carbocycles. The molecule has 254 valence electrons. The molecule has 12 heteroatoms.